The van der Waals surface area contributed by atoms with E-state index >= 15 is 0 Å². The Kier molecular flexibility index (Phi) is 7.71. The van der Waals surface area contributed by atoms with Crippen LogP contribution in [0.3, 0.4) is 0 Å². The van der Waals surface area contributed by atoms with Gasteiger partial charge in [-0.3, -0.25) is 9.52 Å². The van der Waals surface area contributed by atoms with Crippen LogP contribution in [0.5, 0.6) is 0 Å². The number of hydrogen-bond donors (Lipinski definition) is 2. The van der Waals surface area contributed by atoms with Crippen LogP contribution in [0.25, 0.3) is 0 Å². The van der Waals surface area contributed by atoms with Crippen LogP contribution in [-0.2, 0) is 14.8 Å². The van der Waals surface area contributed by atoms with Gasteiger partial charge < -0.3 is 5.11 Å². The molecule has 1 aromatic carbocycles. The molecule has 1 atom stereocenters. The Morgan fingerprint density at radius 1 is 1.12 bits per heavy atom. The second-order valence-corrected chi connectivity index (χ2v) is 6.95. The maximum atomic E-state index is 12.3. The summed E-state index contributed by atoms with van der Waals surface area (Å²) in [6, 6.07) is 8.16. The normalized spacial score (nSPS) is 15.8. The topological polar surface area (TPSA) is 83.5 Å². The summed E-state index contributed by atoms with van der Waals surface area (Å²) >= 11 is 0. The molecule has 2 N–H and O–H groups in total. The first-order valence-corrected chi connectivity index (χ1v) is 9.59. The summed E-state index contributed by atoms with van der Waals surface area (Å²) in [5.74, 6) is -1.42. The van der Waals surface area contributed by atoms with Crippen molar-refractivity contribution in [1.82, 2.24) is 4.72 Å². The Morgan fingerprint density at radius 2 is 1.75 bits per heavy atom. The van der Waals surface area contributed by atoms with E-state index in [0.717, 1.165) is 5.57 Å². The Labute approximate surface area is 144 Å². The minimum Gasteiger partial charge on any atom is -0.481 e. The molecule has 0 heterocycles. The van der Waals surface area contributed by atoms with Crippen LogP contribution in [0.4, 0.5) is 0 Å². The molecule has 0 spiro atoms. The third-order valence-corrected chi connectivity index (χ3v) is 5.08. The highest BCUT2D eigenvalue weighted by molar-refractivity contribution is 7.89. The molecule has 1 aromatic rings. The number of benzene rings is 1. The molecule has 0 fully saturated rings. The van der Waals surface area contributed by atoms with Gasteiger partial charge in [0.1, 0.15) is 0 Å². The first-order chi connectivity index (χ1) is 11.4. The van der Waals surface area contributed by atoms with Gasteiger partial charge in [0.25, 0.3) is 10.0 Å². The monoisotopic (exact) mass is 351 g/mol. The van der Waals surface area contributed by atoms with Gasteiger partial charge in [-0.05, 0) is 44.4 Å². The first kappa shape index (κ1) is 20.0. The standard InChI is InChI=1S/C16H19NO4S.C2H6/c1-12(16(18)19)13-6-5-7-14(11-10-13)17-22(20,21)15-8-3-2-4-9-15;1-2/h2-4,8-12,17H,5-7H2,1H3,(H,18,19);1-2H3. The van der Waals surface area contributed by atoms with Crippen molar-refractivity contribution in [3.05, 3.63) is 53.8 Å². The number of rotatable bonds is 5. The summed E-state index contributed by atoms with van der Waals surface area (Å²) < 4.78 is 27.1. The molecule has 1 aliphatic rings. The van der Waals surface area contributed by atoms with Gasteiger partial charge in [0.2, 0.25) is 0 Å². The Hall–Kier alpha value is -2.08. The van der Waals surface area contributed by atoms with E-state index in [4.69, 9.17) is 5.11 Å². The molecule has 0 aromatic heterocycles. The van der Waals surface area contributed by atoms with E-state index in [0.29, 0.717) is 25.0 Å². The van der Waals surface area contributed by atoms with Crippen LogP contribution in [0.1, 0.15) is 40.0 Å². The van der Waals surface area contributed by atoms with Crippen LogP contribution >= 0.6 is 0 Å². The molecule has 0 aliphatic heterocycles. The SMILES string of the molecule is CC.CC(C(=O)O)C1=CC=C(NS(=O)(=O)c2ccccc2)CCC1. The maximum Gasteiger partial charge on any atom is 0.310 e. The van der Waals surface area contributed by atoms with Crippen molar-refractivity contribution in [2.75, 3.05) is 0 Å². The number of carboxylic acid groups (broad SMARTS) is 1. The molecule has 0 bridgehead atoms. The van der Waals surface area contributed by atoms with Gasteiger partial charge in [-0.25, -0.2) is 8.42 Å². The van der Waals surface area contributed by atoms with Crippen molar-refractivity contribution in [2.24, 2.45) is 5.92 Å². The summed E-state index contributed by atoms with van der Waals surface area (Å²) in [6.07, 6.45) is 5.32. The van der Waals surface area contributed by atoms with E-state index < -0.39 is 21.9 Å². The summed E-state index contributed by atoms with van der Waals surface area (Å²) in [5, 5.41) is 9.05. The third-order valence-electron chi connectivity index (χ3n) is 3.66. The molecule has 1 unspecified atom stereocenters. The molecule has 0 saturated heterocycles. The van der Waals surface area contributed by atoms with E-state index in [9.17, 15) is 13.2 Å². The number of carboxylic acids is 1. The van der Waals surface area contributed by atoms with Gasteiger partial charge in [-0.1, -0.05) is 43.7 Å². The summed E-state index contributed by atoms with van der Waals surface area (Å²) in [5.41, 5.74) is 1.39. The number of nitrogens with one attached hydrogen (secondary N) is 1. The van der Waals surface area contributed by atoms with Crippen molar-refractivity contribution in [3.8, 4) is 0 Å². The van der Waals surface area contributed by atoms with Crippen molar-refractivity contribution < 1.29 is 18.3 Å². The molecule has 132 valence electrons. The molecule has 6 heteroatoms. The number of hydrogen-bond acceptors (Lipinski definition) is 3. The lowest BCUT2D eigenvalue weighted by Crippen LogP contribution is -2.23. The average Bonchev–Trinajstić information content (AvgIpc) is 2.82. The fourth-order valence-corrected chi connectivity index (χ4v) is 3.44. The predicted octanol–water partition coefficient (Wildman–Crippen LogP) is 3.71. The molecule has 0 amide bonds. The average molecular weight is 351 g/mol. The Balaban J connectivity index is 0.00000139. The van der Waals surface area contributed by atoms with Crippen molar-refractivity contribution in [3.63, 3.8) is 0 Å². The van der Waals surface area contributed by atoms with Crippen LogP contribution < -0.4 is 4.72 Å². The predicted molar refractivity (Wildman–Crippen MR) is 94.9 cm³/mol. The van der Waals surface area contributed by atoms with Gasteiger partial charge >= 0.3 is 5.97 Å². The van der Waals surface area contributed by atoms with Gasteiger partial charge in [0.15, 0.2) is 0 Å². The lowest BCUT2D eigenvalue weighted by Gasteiger charge is -2.10. The Bertz CT molecular complexity index is 706. The lowest BCUT2D eigenvalue weighted by atomic mass is 9.97. The molecule has 2 rings (SSSR count). The summed E-state index contributed by atoms with van der Waals surface area (Å²) in [4.78, 5) is 11.2. The summed E-state index contributed by atoms with van der Waals surface area (Å²) in [7, 11) is -3.59. The minimum atomic E-state index is -3.59. The zero-order valence-corrected chi connectivity index (χ0v) is 15.1. The zero-order valence-electron chi connectivity index (χ0n) is 14.3. The lowest BCUT2D eigenvalue weighted by molar-refractivity contribution is -0.139. The van der Waals surface area contributed by atoms with E-state index in [2.05, 4.69) is 4.72 Å². The van der Waals surface area contributed by atoms with Gasteiger partial charge in [-0.15, -0.1) is 0 Å². The largest absolute Gasteiger partial charge is 0.481 e. The number of aliphatic carboxylic acids is 1. The fourth-order valence-electron chi connectivity index (χ4n) is 2.29. The van der Waals surface area contributed by atoms with E-state index in [1.807, 2.05) is 13.8 Å². The highest BCUT2D eigenvalue weighted by Gasteiger charge is 2.19. The number of sulfonamides is 1. The molecular formula is C18H25NO4S. The molecule has 24 heavy (non-hydrogen) atoms. The smallest absolute Gasteiger partial charge is 0.310 e. The summed E-state index contributed by atoms with van der Waals surface area (Å²) in [6.45, 7) is 5.64. The van der Waals surface area contributed by atoms with Gasteiger partial charge in [-0.2, -0.15) is 0 Å². The fraction of sp³-hybridized carbons (Fsp3) is 0.389. The van der Waals surface area contributed by atoms with Crippen molar-refractivity contribution in [1.29, 1.82) is 0 Å². The van der Waals surface area contributed by atoms with E-state index in [1.54, 1.807) is 37.3 Å². The molecular weight excluding hydrogens is 326 g/mol. The minimum absolute atomic E-state index is 0.211. The molecule has 5 nitrogen and oxygen atoms in total. The van der Waals surface area contributed by atoms with Crippen molar-refractivity contribution in [2.45, 2.75) is 44.9 Å². The van der Waals surface area contributed by atoms with Crippen molar-refractivity contribution >= 4 is 16.0 Å². The molecule has 0 saturated carbocycles. The Morgan fingerprint density at radius 3 is 2.33 bits per heavy atom. The second-order valence-electron chi connectivity index (χ2n) is 5.27. The van der Waals surface area contributed by atoms with Gasteiger partial charge in [0, 0.05) is 5.70 Å². The maximum absolute atomic E-state index is 12.3. The molecule has 1 aliphatic carbocycles. The zero-order chi connectivity index (χ0) is 18.2. The number of carbonyl (C=O) groups is 1. The van der Waals surface area contributed by atoms with Crippen LogP contribution in [-0.4, -0.2) is 19.5 Å². The van der Waals surface area contributed by atoms with E-state index in [1.165, 1.54) is 12.1 Å². The second kappa shape index (κ2) is 9.27. The van der Waals surface area contributed by atoms with Crippen LogP contribution in [0.2, 0.25) is 0 Å². The third kappa shape index (κ3) is 5.53. The first-order valence-electron chi connectivity index (χ1n) is 8.10. The van der Waals surface area contributed by atoms with Crippen LogP contribution in [0.15, 0.2) is 58.6 Å². The van der Waals surface area contributed by atoms with E-state index in [-0.39, 0.29) is 4.90 Å². The molecule has 0 radical (unpaired) electrons. The quantitative estimate of drug-likeness (QED) is 0.847. The number of allylic oxidation sites excluding steroid dienone is 3. The van der Waals surface area contributed by atoms with Gasteiger partial charge in [0.05, 0.1) is 10.8 Å². The highest BCUT2D eigenvalue weighted by Crippen LogP contribution is 2.23. The van der Waals surface area contributed by atoms with Crippen LogP contribution in [0, 0.1) is 5.92 Å². The highest BCUT2D eigenvalue weighted by atomic mass is 32.2.